The molecule has 2 heterocycles. The molecular formula is C19H28N2O5S. The molecule has 1 aromatic rings. The molecule has 0 aromatic heterocycles. The number of piperidine rings is 1. The van der Waals surface area contributed by atoms with Crippen molar-refractivity contribution in [2.45, 2.75) is 37.9 Å². The van der Waals surface area contributed by atoms with E-state index in [1.165, 1.54) is 16.4 Å². The quantitative estimate of drug-likeness (QED) is 0.735. The third-order valence-electron chi connectivity index (χ3n) is 5.30. The third-order valence-corrected chi connectivity index (χ3v) is 7.37. The van der Waals surface area contributed by atoms with E-state index in [0.29, 0.717) is 50.9 Å². The van der Waals surface area contributed by atoms with Gasteiger partial charge in [-0.3, -0.25) is 4.79 Å². The van der Waals surface area contributed by atoms with Crippen LogP contribution in [0.5, 0.6) is 0 Å². The smallest absolute Gasteiger partial charge is 0.253 e. The van der Waals surface area contributed by atoms with Crippen LogP contribution in [0.25, 0.3) is 0 Å². The number of carbonyl (C=O) groups excluding carboxylic acids is 1. The van der Waals surface area contributed by atoms with Gasteiger partial charge in [0.25, 0.3) is 5.91 Å². The van der Waals surface area contributed by atoms with Crippen molar-refractivity contribution in [2.24, 2.45) is 5.92 Å². The van der Waals surface area contributed by atoms with Crippen LogP contribution >= 0.6 is 0 Å². The van der Waals surface area contributed by atoms with Crippen LogP contribution in [0.15, 0.2) is 29.2 Å². The van der Waals surface area contributed by atoms with Gasteiger partial charge in [-0.15, -0.1) is 0 Å². The van der Waals surface area contributed by atoms with Gasteiger partial charge in [0.15, 0.2) is 6.29 Å². The largest absolute Gasteiger partial charge is 0.350 e. The Balaban J connectivity index is 1.63. The van der Waals surface area contributed by atoms with Gasteiger partial charge in [-0.25, -0.2) is 8.42 Å². The van der Waals surface area contributed by atoms with Crippen LogP contribution in [0.4, 0.5) is 0 Å². The van der Waals surface area contributed by atoms with Gasteiger partial charge in [0.1, 0.15) is 0 Å². The van der Waals surface area contributed by atoms with Gasteiger partial charge in [-0.2, -0.15) is 4.31 Å². The number of hydrogen-bond donors (Lipinski definition) is 0. The van der Waals surface area contributed by atoms with Crippen molar-refractivity contribution in [3.05, 3.63) is 29.8 Å². The molecule has 2 saturated heterocycles. The SMILES string of the molecule is CCN(CC)S(=O)(=O)c1ccc(C(=O)N2CCC(C3OCCO3)CC2)cc1. The number of ether oxygens (including phenoxy) is 2. The molecule has 7 nitrogen and oxygen atoms in total. The maximum absolute atomic E-state index is 12.7. The van der Waals surface area contributed by atoms with E-state index in [9.17, 15) is 13.2 Å². The monoisotopic (exact) mass is 396 g/mol. The van der Waals surface area contributed by atoms with E-state index in [4.69, 9.17) is 9.47 Å². The molecule has 2 aliphatic rings. The molecule has 3 rings (SSSR count). The summed E-state index contributed by atoms with van der Waals surface area (Å²) >= 11 is 0. The van der Waals surface area contributed by atoms with Gasteiger partial charge in [0, 0.05) is 37.7 Å². The Morgan fingerprint density at radius 3 is 2.15 bits per heavy atom. The summed E-state index contributed by atoms with van der Waals surface area (Å²) in [6, 6.07) is 6.25. The summed E-state index contributed by atoms with van der Waals surface area (Å²) in [5.41, 5.74) is 0.514. The van der Waals surface area contributed by atoms with Crippen molar-refractivity contribution in [3.8, 4) is 0 Å². The van der Waals surface area contributed by atoms with Crippen LogP contribution in [0.1, 0.15) is 37.0 Å². The van der Waals surface area contributed by atoms with Gasteiger partial charge >= 0.3 is 0 Å². The number of nitrogens with zero attached hydrogens (tertiary/aromatic N) is 2. The average Bonchev–Trinajstić information content (AvgIpc) is 3.23. The lowest BCUT2D eigenvalue weighted by Gasteiger charge is -2.33. The van der Waals surface area contributed by atoms with Crippen LogP contribution in [-0.4, -0.2) is 69.2 Å². The Morgan fingerprint density at radius 2 is 1.63 bits per heavy atom. The minimum atomic E-state index is -3.50. The Bertz CT molecular complexity index is 732. The molecular weight excluding hydrogens is 368 g/mol. The Kier molecular flexibility index (Phi) is 6.52. The second-order valence-corrected chi connectivity index (χ2v) is 8.79. The summed E-state index contributed by atoms with van der Waals surface area (Å²) in [7, 11) is -3.50. The first kappa shape index (κ1) is 20.3. The summed E-state index contributed by atoms with van der Waals surface area (Å²) in [6.07, 6.45) is 1.57. The standard InChI is InChI=1S/C19H28N2O5S/c1-3-21(4-2)27(23,24)17-7-5-15(6-8-17)18(22)20-11-9-16(10-12-20)19-25-13-14-26-19/h5-8,16,19H,3-4,9-14H2,1-2H3. The van der Waals surface area contributed by atoms with Gasteiger partial charge in [0.2, 0.25) is 10.0 Å². The zero-order valence-electron chi connectivity index (χ0n) is 16.0. The molecule has 150 valence electrons. The van der Waals surface area contributed by atoms with Crippen molar-refractivity contribution >= 4 is 15.9 Å². The van der Waals surface area contributed by atoms with Crippen LogP contribution in [-0.2, 0) is 19.5 Å². The predicted octanol–water partition coefficient (Wildman–Crippen LogP) is 1.94. The zero-order chi connectivity index (χ0) is 19.4. The molecule has 0 unspecified atom stereocenters. The van der Waals surface area contributed by atoms with Crippen molar-refractivity contribution in [1.82, 2.24) is 9.21 Å². The van der Waals surface area contributed by atoms with Gasteiger partial charge in [-0.05, 0) is 37.1 Å². The van der Waals surface area contributed by atoms with Gasteiger partial charge in [0.05, 0.1) is 18.1 Å². The molecule has 1 amide bonds. The van der Waals surface area contributed by atoms with Gasteiger partial charge in [-0.1, -0.05) is 13.8 Å². The number of rotatable bonds is 6. The maximum atomic E-state index is 12.7. The molecule has 8 heteroatoms. The molecule has 2 aliphatic heterocycles. The topological polar surface area (TPSA) is 76.2 Å². The summed E-state index contributed by atoms with van der Waals surface area (Å²) in [5.74, 6) is 0.270. The molecule has 0 radical (unpaired) electrons. The lowest BCUT2D eigenvalue weighted by Crippen LogP contribution is -2.41. The third kappa shape index (κ3) is 4.34. The van der Waals surface area contributed by atoms with E-state index >= 15 is 0 Å². The Hall–Kier alpha value is -1.48. The lowest BCUT2D eigenvalue weighted by atomic mass is 9.95. The van der Waals surface area contributed by atoms with E-state index in [2.05, 4.69) is 0 Å². The average molecular weight is 397 g/mol. The minimum Gasteiger partial charge on any atom is -0.350 e. The second kappa shape index (κ2) is 8.68. The van der Waals surface area contributed by atoms with Gasteiger partial charge < -0.3 is 14.4 Å². The molecule has 0 N–H and O–H groups in total. The minimum absolute atomic E-state index is 0.0616. The highest BCUT2D eigenvalue weighted by Gasteiger charge is 2.32. The summed E-state index contributed by atoms with van der Waals surface area (Å²) < 4.78 is 37.6. The highest BCUT2D eigenvalue weighted by molar-refractivity contribution is 7.89. The highest BCUT2D eigenvalue weighted by atomic mass is 32.2. The van der Waals surface area contributed by atoms with Crippen LogP contribution in [0, 0.1) is 5.92 Å². The molecule has 0 spiro atoms. The van der Waals surface area contributed by atoms with E-state index in [-0.39, 0.29) is 17.1 Å². The van der Waals surface area contributed by atoms with E-state index in [1.807, 2.05) is 18.7 Å². The Morgan fingerprint density at radius 1 is 1.07 bits per heavy atom. The van der Waals surface area contributed by atoms with Crippen LogP contribution in [0.3, 0.4) is 0 Å². The van der Waals surface area contributed by atoms with Crippen molar-refractivity contribution in [3.63, 3.8) is 0 Å². The second-order valence-electron chi connectivity index (χ2n) is 6.85. The maximum Gasteiger partial charge on any atom is 0.253 e. The highest BCUT2D eigenvalue weighted by Crippen LogP contribution is 2.26. The van der Waals surface area contributed by atoms with Crippen molar-refractivity contribution < 1.29 is 22.7 Å². The fourth-order valence-corrected chi connectivity index (χ4v) is 5.15. The lowest BCUT2D eigenvalue weighted by molar-refractivity contribution is -0.0956. The summed E-state index contributed by atoms with van der Waals surface area (Å²) in [5, 5.41) is 0. The number of benzene rings is 1. The van der Waals surface area contributed by atoms with E-state index < -0.39 is 10.0 Å². The predicted molar refractivity (Wildman–Crippen MR) is 101 cm³/mol. The molecule has 0 bridgehead atoms. The number of sulfonamides is 1. The van der Waals surface area contributed by atoms with Crippen molar-refractivity contribution in [2.75, 3.05) is 39.4 Å². The number of likely N-dealkylation sites (tertiary alicyclic amines) is 1. The number of carbonyl (C=O) groups is 1. The van der Waals surface area contributed by atoms with Crippen LogP contribution < -0.4 is 0 Å². The fourth-order valence-electron chi connectivity index (χ4n) is 3.69. The first-order valence-electron chi connectivity index (χ1n) is 9.60. The molecule has 0 atom stereocenters. The molecule has 0 saturated carbocycles. The zero-order valence-corrected chi connectivity index (χ0v) is 16.8. The fraction of sp³-hybridized carbons (Fsp3) is 0.632. The van der Waals surface area contributed by atoms with Crippen LogP contribution in [0.2, 0.25) is 0 Å². The number of amides is 1. The first-order chi connectivity index (χ1) is 13.0. The summed E-state index contributed by atoms with van der Waals surface area (Å²) in [6.45, 7) is 7.07. The molecule has 2 fully saturated rings. The van der Waals surface area contributed by atoms with E-state index in [0.717, 1.165) is 12.8 Å². The van der Waals surface area contributed by atoms with E-state index in [1.54, 1.807) is 12.1 Å². The molecule has 0 aliphatic carbocycles. The summed E-state index contributed by atoms with van der Waals surface area (Å²) in [4.78, 5) is 14.8. The molecule has 1 aromatic carbocycles. The molecule has 27 heavy (non-hydrogen) atoms. The Labute approximate surface area is 161 Å². The first-order valence-corrected chi connectivity index (χ1v) is 11.0. The number of hydrogen-bond acceptors (Lipinski definition) is 5. The van der Waals surface area contributed by atoms with Crippen molar-refractivity contribution in [1.29, 1.82) is 0 Å². The normalized spacial score (nSPS) is 19.7.